The van der Waals surface area contributed by atoms with E-state index in [1.807, 2.05) is 17.0 Å². The number of hydrogen-bond acceptors (Lipinski definition) is 3. The molecule has 0 atom stereocenters. The highest BCUT2D eigenvalue weighted by Gasteiger charge is 2.51. The van der Waals surface area contributed by atoms with Crippen LogP contribution in [0.25, 0.3) is 0 Å². The largest absolute Gasteiger partial charge is 0.479 e. The van der Waals surface area contributed by atoms with E-state index in [0.717, 1.165) is 18.7 Å². The summed E-state index contributed by atoms with van der Waals surface area (Å²) in [5, 5.41) is 9.97. The molecular weight excluding hydrogens is 366 g/mol. The first-order valence-electron chi connectivity index (χ1n) is 9.62. The first-order chi connectivity index (χ1) is 13.0. The number of carbonyl (C=O) groups is 2. The quantitative estimate of drug-likeness (QED) is 0.634. The Kier molecular flexibility index (Phi) is 4.84. The van der Waals surface area contributed by atoms with Crippen LogP contribution in [0.3, 0.4) is 0 Å². The van der Waals surface area contributed by atoms with Crippen molar-refractivity contribution in [3.8, 4) is 0 Å². The first kappa shape index (κ1) is 18.3. The number of amidine groups is 1. The minimum atomic E-state index is -0.893. The van der Waals surface area contributed by atoms with Gasteiger partial charge in [0.25, 0.3) is 5.91 Å². The molecule has 4 rings (SSSR count). The molecule has 144 valence electrons. The van der Waals surface area contributed by atoms with E-state index in [9.17, 15) is 14.7 Å². The number of piperazine rings is 1. The number of halogens is 1. The van der Waals surface area contributed by atoms with Crippen LogP contribution in [-0.4, -0.2) is 64.3 Å². The summed E-state index contributed by atoms with van der Waals surface area (Å²) >= 11 is 6.16. The van der Waals surface area contributed by atoms with Gasteiger partial charge in [-0.2, -0.15) is 0 Å². The van der Waals surface area contributed by atoms with Gasteiger partial charge < -0.3 is 14.9 Å². The van der Waals surface area contributed by atoms with Gasteiger partial charge in [-0.1, -0.05) is 30.2 Å². The molecule has 1 N–H and O–H groups in total. The van der Waals surface area contributed by atoms with Crippen LogP contribution in [0.2, 0.25) is 5.02 Å². The lowest BCUT2D eigenvalue weighted by molar-refractivity contribution is -0.139. The molecule has 6 nitrogen and oxygen atoms in total. The van der Waals surface area contributed by atoms with Crippen molar-refractivity contribution in [2.45, 2.75) is 37.6 Å². The predicted octanol–water partition coefficient (Wildman–Crippen LogP) is 2.91. The third-order valence-corrected chi connectivity index (χ3v) is 6.25. The van der Waals surface area contributed by atoms with Crippen molar-refractivity contribution in [1.29, 1.82) is 0 Å². The van der Waals surface area contributed by atoms with Crippen molar-refractivity contribution in [3.63, 3.8) is 0 Å². The number of rotatable bonds is 4. The van der Waals surface area contributed by atoms with Crippen LogP contribution in [-0.2, 0) is 4.79 Å². The normalized spacial score (nSPS) is 22.3. The zero-order valence-electron chi connectivity index (χ0n) is 15.2. The highest BCUT2D eigenvalue weighted by Crippen LogP contribution is 2.42. The summed E-state index contributed by atoms with van der Waals surface area (Å²) in [6, 6.07) is 7.11. The number of nitrogens with zero attached hydrogens (tertiary/aromatic N) is 3. The molecule has 7 heteroatoms. The summed E-state index contributed by atoms with van der Waals surface area (Å²) < 4.78 is 0. The topological polar surface area (TPSA) is 73.2 Å². The van der Waals surface area contributed by atoms with Crippen LogP contribution in [0.5, 0.6) is 0 Å². The van der Waals surface area contributed by atoms with Crippen LogP contribution in [0.1, 0.15) is 42.5 Å². The second-order valence-corrected chi connectivity index (χ2v) is 8.10. The molecule has 0 unspecified atom stereocenters. The Balaban J connectivity index is 1.46. The molecule has 2 aliphatic carbocycles. The summed E-state index contributed by atoms with van der Waals surface area (Å²) in [7, 11) is 0. The lowest BCUT2D eigenvalue weighted by atomic mass is 9.83. The van der Waals surface area contributed by atoms with E-state index in [1.54, 1.807) is 12.1 Å². The summed E-state index contributed by atoms with van der Waals surface area (Å²) in [6.45, 7) is 2.55. The maximum Gasteiger partial charge on any atom is 0.331 e. The van der Waals surface area contributed by atoms with Crippen molar-refractivity contribution >= 4 is 29.3 Å². The Labute approximate surface area is 163 Å². The van der Waals surface area contributed by atoms with Crippen LogP contribution in [0.4, 0.5) is 0 Å². The summed E-state index contributed by atoms with van der Waals surface area (Å²) in [4.78, 5) is 33.1. The van der Waals surface area contributed by atoms with Crippen LogP contribution >= 0.6 is 11.6 Å². The van der Waals surface area contributed by atoms with Gasteiger partial charge in [0.1, 0.15) is 5.84 Å². The fourth-order valence-corrected chi connectivity index (χ4v) is 3.96. The second-order valence-electron chi connectivity index (χ2n) is 7.69. The number of amides is 1. The van der Waals surface area contributed by atoms with Crippen molar-refractivity contribution in [3.05, 3.63) is 34.9 Å². The molecule has 0 radical (unpaired) electrons. The first-order valence-corrected chi connectivity index (χ1v) is 10.00. The second kappa shape index (κ2) is 7.15. The number of benzene rings is 1. The van der Waals surface area contributed by atoms with Gasteiger partial charge >= 0.3 is 5.97 Å². The number of hydrogen-bond donors (Lipinski definition) is 1. The summed E-state index contributed by atoms with van der Waals surface area (Å²) in [6.07, 6.45) is 4.59. The van der Waals surface area contributed by atoms with E-state index in [2.05, 4.69) is 4.90 Å². The molecule has 0 aromatic heterocycles. The van der Waals surface area contributed by atoms with E-state index >= 15 is 0 Å². The highest BCUT2D eigenvalue weighted by molar-refractivity contribution is 6.33. The lowest BCUT2D eigenvalue weighted by Crippen LogP contribution is -2.53. The molecule has 1 heterocycles. The third-order valence-electron chi connectivity index (χ3n) is 5.92. The van der Waals surface area contributed by atoms with Crippen LogP contribution in [0.15, 0.2) is 29.3 Å². The fourth-order valence-electron chi connectivity index (χ4n) is 3.74. The minimum Gasteiger partial charge on any atom is -0.479 e. The zero-order valence-corrected chi connectivity index (χ0v) is 16.0. The molecule has 3 aliphatic rings. The van der Waals surface area contributed by atoms with Gasteiger partial charge in [0.2, 0.25) is 0 Å². The maximum absolute atomic E-state index is 12.7. The molecule has 27 heavy (non-hydrogen) atoms. The summed E-state index contributed by atoms with van der Waals surface area (Å²) in [5.41, 5.74) is -0.363. The Bertz CT molecular complexity index is 778. The zero-order chi connectivity index (χ0) is 19.0. The van der Waals surface area contributed by atoms with E-state index < -0.39 is 11.5 Å². The molecule has 1 aromatic rings. The van der Waals surface area contributed by atoms with Gasteiger partial charge in [0.15, 0.2) is 5.54 Å². The van der Waals surface area contributed by atoms with Crippen molar-refractivity contribution in [2.24, 2.45) is 10.9 Å². The van der Waals surface area contributed by atoms with E-state index in [-0.39, 0.29) is 5.91 Å². The Morgan fingerprint density at radius 1 is 1.07 bits per heavy atom. The maximum atomic E-state index is 12.7. The smallest absolute Gasteiger partial charge is 0.331 e. The lowest BCUT2D eigenvalue weighted by Gasteiger charge is -2.41. The number of aliphatic carboxylic acids is 1. The molecule has 3 fully saturated rings. The minimum absolute atomic E-state index is 0.0495. The van der Waals surface area contributed by atoms with Gasteiger partial charge in [0, 0.05) is 32.1 Å². The number of carboxylic acids is 1. The molecule has 0 spiro atoms. The van der Waals surface area contributed by atoms with Gasteiger partial charge in [-0.3, -0.25) is 9.79 Å². The van der Waals surface area contributed by atoms with Gasteiger partial charge in [-0.15, -0.1) is 0 Å². The molecule has 1 amide bonds. The Morgan fingerprint density at radius 3 is 2.22 bits per heavy atom. The molecule has 0 bridgehead atoms. The average Bonchev–Trinajstić information content (AvgIpc) is 3.41. The predicted molar refractivity (Wildman–Crippen MR) is 103 cm³/mol. The number of carboxylic acid groups (broad SMARTS) is 1. The SMILES string of the molecule is O=C(c1ccccc1Cl)N1CCN(/C(=N/C2(C(=O)O)CC2)C2CCC2)CC1. The summed E-state index contributed by atoms with van der Waals surface area (Å²) in [5.74, 6) is 0.456. The van der Waals surface area contributed by atoms with Crippen LogP contribution < -0.4 is 0 Å². The van der Waals surface area contributed by atoms with Crippen molar-refractivity contribution in [1.82, 2.24) is 9.80 Å². The third kappa shape index (κ3) is 3.55. The molecule has 1 aliphatic heterocycles. The number of aliphatic imine (C=N–C) groups is 1. The van der Waals surface area contributed by atoms with E-state index in [4.69, 9.17) is 16.6 Å². The van der Waals surface area contributed by atoms with Crippen molar-refractivity contribution < 1.29 is 14.7 Å². The van der Waals surface area contributed by atoms with Crippen molar-refractivity contribution in [2.75, 3.05) is 26.2 Å². The van der Waals surface area contributed by atoms with Gasteiger partial charge in [0.05, 0.1) is 10.6 Å². The molecule has 2 saturated carbocycles. The van der Waals surface area contributed by atoms with Gasteiger partial charge in [-0.25, -0.2) is 4.79 Å². The Hall–Kier alpha value is -2.08. The highest BCUT2D eigenvalue weighted by atomic mass is 35.5. The van der Waals surface area contributed by atoms with Crippen LogP contribution in [0, 0.1) is 5.92 Å². The molecule has 1 aromatic carbocycles. The fraction of sp³-hybridized carbons (Fsp3) is 0.550. The number of carbonyl (C=O) groups excluding carboxylic acids is 1. The standard InChI is InChI=1S/C20H24ClN3O3/c21-16-7-2-1-6-15(16)18(25)24-12-10-23(11-13-24)17(14-4-3-5-14)22-20(8-9-20)19(26)27/h1-2,6-7,14H,3-5,8-13H2,(H,26,27)/b22-17+. The Morgan fingerprint density at radius 2 is 1.70 bits per heavy atom. The average molecular weight is 390 g/mol. The molecular formula is C20H24ClN3O3. The van der Waals surface area contributed by atoms with Gasteiger partial charge in [-0.05, 0) is 37.8 Å². The van der Waals surface area contributed by atoms with E-state index in [0.29, 0.717) is 55.5 Å². The monoisotopic (exact) mass is 389 g/mol. The van der Waals surface area contributed by atoms with E-state index in [1.165, 1.54) is 6.42 Å². The molecule has 1 saturated heterocycles.